The molecule has 0 aromatic carbocycles. The van der Waals surface area contributed by atoms with E-state index in [4.69, 9.17) is 0 Å². The number of hydrogen-bond donors (Lipinski definition) is 0. The first kappa shape index (κ1) is 9.95. The third-order valence-corrected chi connectivity index (χ3v) is 1.26. The third kappa shape index (κ3) is 3.03. The molecule has 0 radical (unpaired) electrons. The summed E-state index contributed by atoms with van der Waals surface area (Å²) in [6.07, 6.45) is 1.76. The summed E-state index contributed by atoms with van der Waals surface area (Å²) >= 11 is 0. The molecule has 0 saturated heterocycles. The van der Waals surface area contributed by atoms with Gasteiger partial charge in [-0.3, -0.25) is 4.79 Å². The first-order chi connectivity index (χ1) is 5.20. The Labute approximate surface area is 67.5 Å². The molecule has 2 heteroatoms. The van der Waals surface area contributed by atoms with Gasteiger partial charge in [-0.2, -0.15) is 0 Å². The fourth-order valence-corrected chi connectivity index (χ4v) is 0.648. The van der Waals surface area contributed by atoms with Crippen molar-refractivity contribution in [2.24, 2.45) is 7.05 Å². The SMILES string of the molecule is CC.Cc1ccn(C)c(=O)c1. The summed E-state index contributed by atoms with van der Waals surface area (Å²) in [7, 11) is 1.74. The van der Waals surface area contributed by atoms with E-state index in [9.17, 15) is 4.79 Å². The Kier molecular flexibility index (Phi) is 4.27. The van der Waals surface area contributed by atoms with Gasteiger partial charge in [0, 0.05) is 19.3 Å². The van der Waals surface area contributed by atoms with Gasteiger partial charge in [-0.05, 0) is 18.6 Å². The largest absolute Gasteiger partial charge is 0.319 e. The molecule has 1 rings (SSSR count). The maximum atomic E-state index is 10.8. The monoisotopic (exact) mass is 153 g/mol. The van der Waals surface area contributed by atoms with Crippen LogP contribution in [0.2, 0.25) is 0 Å². The van der Waals surface area contributed by atoms with Gasteiger partial charge >= 0.3 is 0 Å². The third-order valence-electron chi connectivity index (χ3n) is 1.26. The predicted octanol–water partition coefficient (Wildman–Crippen LogP) is 1.72. The van der Waals surface area contributed by atoms with E-state index in [0.29, 0.717) is 0 Å². The van der Waals surface area contributed by atoms with Crippen LogP contribution in [0, 0.1) is 6.92 Å². The lowest BCUT2D eigenvalue weighted by atomic mass is 10.3. The van der Waals surface area contributed by atoms with Crippen molar-refractivity contribution in [3.63, 3.8) is 0 Å². The van der Waals surface area contributed by atoms with Crippen molar-refractivity contribution in [3.05, 3.63) is 34.2 Å². The van der Waals surface area contributed by atoms with Crippen LogP contribution in [-0.4, -0.2) is 4.57 Å². The number of aryl methyl sites for hydroxylation is 2. The van der Waals surface area contributed by atoms with Crippen molar-refractivity contribution in [1.82, 2.24) is 4.57 Å². The van der Waals surface area contributed by atoms with Crippen molar-refractivity contribution < 1.29 is 0 Å². The zero-order valence-corrected chi connectivity index (χ0v) is 7.59. The Morgan fingerprint density at radius 3 is 2.27 bits per heavy atom. The molecule has 0 bridgehead atoms. The van der Waals surface area contributed by atoms with Crippen LogP contribution in [0.15, 0.2) is 23.1 Å². The van der Waals surface area contributed by atoms with Crippen LogP contribution in [0.3, 0.4) is 0 Å². The number of aromatic nitrogens is 1. The number of hydrogen-bond acceptors (Lipinski definition) is 1. The van der Waals surface area contributed by atoms with Crippen LogP contribution in [0.4, 0.5) is 0 Å². The minimum absolute atomic E-state index is 0.0509. The normalized spacial score (nSPS) is 8.36. The number of rotatable bonds is 0. The van der Waals surface area contributed by atoms with Crippen molar-refractivity contribution in [2.75, 3.05) is 0 Å². The van der Waals surface area contributed by atoms with Gasteiger partial charge < -0.3 is 4.57 Å². The second-order valence-electron chi connectivity index (χ2n) is 2.15. The van der Waals surface area contributed by atoms with Crippen LogP contribution in [0.25, 0.3) is 0 Å². The maximum Gasteiger partial charge on any atom is 0.250 e. The summed E-state index contributed by atoms with van der Waals surface area (Å²) in [6, 6.07) is 3.52. The van der Waals surface area contributed by atoms with Crippen LogP contribution < -0.4 is 5.56 Å². The van der Waals surface area contributed by atoms with Crippen molar-refractivity contribution in [3.8, 4) is 0 Å². The first-order valence-electron chi connectivity index (χ1n) is 3.83. The van der Waals surface area contributed by atoms with Crippen LogP contribution >= 0.6 is 0 Å². The van der Waals surface area contributed by atoms with Gasteiger partial charge in [0.05, 0.1) is 0 Å². The lowest BCUT2D eigenvalue weighted by Crippen LogP contribution is -2.13. The van der Waals surface area contributed by atoms with E-state index in [1.54, 1.807) is 23.9 Å². The molecule has 11 heavy (non-hydrogen) atoms. The molecule has 0 aliphatic heterocycles. The molecule has 0 aliphatic rings. The van der Waals surface area contributed by atoms with E-state index >= 15 is 0 Å². The zero-order chi connectivity index (χ0) is 8.85. The molecule has 0 atom stereocenters. The molecule has 0 amide bonds. The summed E-state index contributed by atoms with van der Waals surface area (Å²) < 4.78 is 1.55. The lowest BCUT2D eigenvalue weighted by molar-refractivity contribution is 0.856. The van der Waals surface area contributed by atoms with E-state index in [2.05, 4.69) is 0 Å². The van der Waals surface area contributed by atoms with Gasteiger partial charge in [-0.1, -0.05) is 13.8 Å². The lowest BCUT2D eigenvalue weighted by Gasteiger charge is -1.94. The summed E-state index contributed by atoms with van der Waals surface area (Å²) in [5.41, 5.74) is 1.06. The highest BCUT2D eigenvalue weighted by Gasteiger charge is 1.86. The van der Waals surface area contributed by atoms with Crippen LogP contribution in [0.5, 0.6) is 0 Å². The molecule has 0 spiro atoms. The van der Waals surface area contributed by atoms with Crippen LogP contribution in [0.1, 0.15) is 19.4 Å². The van der Waals surface area contributed by atoms with Crippen molar-refractivity contribution >= 4 is 0 Å². The Morgan fingerprint density at radius 2 is 1.91 bits per heavy atom. The smallest absolute Gasteiger partial charge is 0.250 e. The molecule has 62 valence electrons. The van der Waals surface area contributed by atoms with E-state index in [1.165, 1.54) is 0 Å². The predicted molar refractivity (Wildman–Crippen MR) is 47.8 cm³/mol. The standard InChI is InChI=1S/C7H9NO.C2H6/c1-6-3-4-8(2)7(9)5-6;1-2/h3-5H,1-2H3;1-2H3. The van der Waals surface area contributed by atoms with E-state index in [0.717, 1.165) is 5.56 Å². The Bertz CT molecular complexity index is 263. The maximum absolute atomic E-state index is 10.8. The van der Waals surface area contributed by atoms with Gasteiger partial charge in [-0.15, -0.1) is 0 Å². The van der Waals surface area contributed by atoms with Crippen molar-refractivity contribution in [1.29, 1.82) is 0 Å². The summed E-state index contributed by atoms with van der Waals surface area (Å²) in [5, 5.41) is 0. The van der Waals surface area contributed by atoms with Crippen molar-refractivity contribution in [2.45, 2.75) is 20.8 Å². The molecule has 0 aliphatic carbocycles. The molecule has 1 heterocycles. The minimum Gasteiger partial charge on any atom is -0.319 e. The second kappa shape index (κ2) is 4.72. The topological polar surface area (TPSA) is 22.0 Å². The fraction of sp³-hybridized carbons (Fsp3) is 0.444. The fourth-order valence-electron chi connectivity index (χ4n) is 0.648. The molecular weight excluding hydrogens is 138 g/mol. The minimum atomic E-state index is 0.0509. The van der Waals surface area contributed by atoms with Gasteiger partial charge in [0.15, 0.2) is 0 Å². The molecule has 0 fully saturated rings. The van der Waals surface area contributed by atoms with Gasteiger partial charge in [0.25, 0.3) is 5.56 Å². The Balaban J connectivity index is 0.000000461. The first-order valence-corrected chi connectivity index (χ1v) is 3.83. The Morgan fingerprint density at radius 1 is 1.36 bits per heavy atom. The highest BCUT2D eigenvalue weighted by Crippen LogP contribution is 1.87. The highest BCUT2D eigenvalue weighted by molar-refractivity contribution is 5.07. The molecular formula is C9H15NO. The van der Waals surface area contributed by atoms with Gasteiger partial charge in [0.1, 0.15) is 0 Å². The molecule has 0 saturated carbocycles. The molecule has 0 N–H and O–H groups in total. The quantitative estimate of drug-likeness (QED) is 0.556. The van der Waals surface area contributed by atoms with E-state index in [-0.39, 0.29) is 5.56 Å². The van der Waals surface area contributed by atoms with Gasteiger partial charge in [0.2, 0.25) is 0 Å². The Hall–Kier alpha value is -1.05. The number of nitrogens with zero attached hydrogens (tertiary/aromatic N) is 1. The van der Waals surface area contributed by atoms with E-state index in [1.807, 2.05) is 26.8 Å². The average molecular weight is 153 g/mol. The highest BCUT2D eigenvalue weighted by atomic mass is 16.1. The molecule has 1 aromatic rings. The molecule has 1 aromatic heterocycles. The van der Waals surface area contributed by atoms with Crippen LogP contribution in [-0.2, 0) is 7.05 Å². The summed E-state index contributed by atoms with van der Waals surface area (Å²) in [4.78, 5) is 10.8. The van der Waals surface area contributed by atoms with E-state index < -0.39 is 0 Å². The second-order valence-corrected chi connectivity index (χ2v) is 2.15. The summed E-state index contributed by atoms with van der Waals surface area (Å²) in [5.74, 6) is 0. The number of pyridine rings is 1. The van der Waals surface area contributed by atoms with Gasteiger partial charge in [-0.25, -0.2) is 0 Å². The molecule has 0 unspecified atom stereocenters. The summed E-state index contributed by atoms with van der Waals surface area (Å²) in [6.45, 7) is 5.90. The average Bonchev–Trinajstić information content (AvgIpc) is 2.02. The molecule has 2 nitrogen and oxygen atoms in total. The zero-order valence-electron chi connectivity index (χ0n) is 7.59.